The van der Waals surface area contributed by atoms with Crippen molar-refractivity contribution in [3.63, 3.8) is 0 Å². The zero-order valence-corrected chi connectivity index (χ0v) is 15.0. The molecular weight excluding hydrogens is 350 g/mol. The van der Waals surface area contributed by atoms with Gasteiger partial charge in [0.15, 0.2) is 23.0 Å². The van der Waals surface area contributed by atoms with E-state index in [1.807, 2.05) is 32.0 Å². The molecule has 0 saturated carbocycles. The topological polar surface area (TPSA) is 89.2 Å². The van der Waals surface area contributed by atoms with Crippen LogP contribution >= 0.6 is 0 Å². The van der Waals surface area contributed by atoms with Crippen molar-refractivity contribution in [2.45, 2.75) is 26.3 Å². The molecule has 2 aliphatic heterocycles. The van der Waals surface area contributed by atoms with Gasteiger partial charge in [-0.2, -0.15) is 0 Å². The molecule has 0 fully saturated rings. The summed E-state index contributed by atoms with van der Waals surface area (Å²) in [6.45, 7) is 3.91. The minimum atomic E-state index is -0.530. The highest BCUT2D eigenvalue weighted by Gasteiger charge is 2.36. The SMILES string of the molecule is CC(C)N1CC(C(=O)c2ccc(Cc3cccc4c3OCO4)o2)=C(O)C1=O. The standard InChI is InChI=1S/C20H19NO6/c1-11(2)21-9-14(18(23)20(21)24)17(22)15-7-6-13(27-15)8-12-4-3-5-16-19(12)26-10-25-16/h3-7,11,23H,8-10H2,1-2H3. The van der Waals surface area contributed by atoms with Crippen LogP contribution in [0.4, 0.5) is 0 Å². The van der Waals surface area contributed by atoms with Crippen molar-refractivity contribution in [1.29, 1.82) is 0 Å². The highest BCUT2D eigenvalue weighted by Crippen LogP contribution is 2.36. The summed E-state index contributed by atoms with van der Waals surface area (Å²) in [5, 5.41) is 10.1. The number of carbonyl (C=O) groups excluding carboxylic acids is 2. The lowest BCUT2D eigenvalue weighted by molar-refractivity contribution is -0.129. The second kappa shape index (κ2) is 6.50. The number of aliphatic hydroxyl groups is 1. The first-order valence-corrected chi connectivity index (χ1v) is 8.69. The van der Waals surface area contributed by atoms with Gasteiger partial charge < -0.3 is 23.9 Å². The summed E-state index contributed by atoms with van der Waals surface area (Å²) < 4.78 is 16.5. The molecule has 1 N–H and O–H groups in total. The number of hydrogen-bond acceptors (Lipinski definition) is 6. The van der Waals surface area contributed by atoms with Crippen LogP contribution in [0.1, 0.15) is 35.7 Å². The Hall–Kier alpha value is -3.22. The number of ketones is 1. The molecule has 7 heteroatoms. The number of fused-ring (bicyclic) bond motifs is 1. The third-order valence-electron chi connectivity index (χ3n) is 4.70. The lowest BCUT2D eigenvalue weighted by atomic mass is 10.1. The Morgan fingerprint density at radius 1 is 1.22 bits per heavy atom. The van der Waals surface area contributed by atoms with Crippen LogP contribution in [0.15, 0.2) is 46.1 Å². The summed E-state index contributed by atoms with van der Waals surface area (Å²) in [4.78, 5) is 26.2. The molecule has 1 aromatic carbocycles. The van der Waals surface area contributed by atoms with E-state index in [4.69, 9.17) is 13.9 Å². The zero-order valence-electron chi connectivity index (χ0n) is 15.0. The van der Waals surface area contributed by atoms with Crippen LogP contribution in [0, 0.1) is 0 Å². The number of nitrogens with zero attached hydrogens (tertiary/aromatic N) is 1. The molecule has 2 aromatic rings. The van der Waals surface area contributed by atoms with Crippen LogP contribution in [0.2, 0.25) is 0 Å². The zero-order chi connectivity index (χ0) is 19.1. The summed E-state index contributed by atoms with van der Waals surface area (Å²) in [6.07, 6.45) is 0.432. The van der Waals surface area contributed by atoms with Crippen LogP contribution in [-0.2, 0) is 11.2 Å². The number of ether oxygens (including phenoxy) is 2. The quantitative estimate of drug-likeness (QED) is 0.815. The van der Waals surface area contributed by atoms with Gasteiger partial charge in [-0.05, 0) is 32.0 Å². The first kappa shape index (κ1) is 17.2. The molecule has 7 nitrogen and oxygen atoms in total. The molecule has 2 aliphatic rings. The number of aliphatic hydroxyl groups excluding tert-OH is 1. The van der Waals surface area contributed by atoms with Gasteiger partial charge in [0.25, 0.3) is 5.91 Å². The first-order chi connectivity index (χ1) is 13.0. The van der Waals surface area contributed by atoms with E-state index in [9.17, 15) is 14.7 Å². The smallest absolute Gasteiger partial charge is 0.289 e. The Bertz CT molecular complexity index is 955. The summed E-state index contributed by atoms with van der Waals surface area (Å²) >= 11 is 0. The summed E-state index contributed by atoms with van der Waals surface area (Å²) in [5.41, 5.74) is 0.953. The highest BCUT2D eigenvalue weighted by molar-refractivity contribution is 6.14. The minimum absolute atomic E-state index is 0.0620. The monoisotopic (exact) mass is 369 g/mol. The van der Waals surface area contributed by atoms with Gasteiger partial charge >= 0.3 is 0 Å². The minimum Gasteiger partial charge on any atom is -0.503 e. The van der Waals surface area contributed by atoms with Gasteiger partial charge in [-0.3, -0.25) is 9.59 Å². The molecule has 27 heavy (non-hydrogen) atoms. The fraction of sp³-hybridized carbons (Fsp3) is 0.300. The van der Waals surface area contributed by atoms with Crippen molar-refractivity contribution >= 4 is 11.7 Å². The van der Waals surface area contributed by atoms with Crippen molar-refractivity contribution in [1.82, 2.24) is 4.90 Å². The number of hydrogen-bond donors (Lipinski definition) is 1. The highest BCUT2D eigenvalue weighted by atomic mass is 16.7. The lowest BCUT2D eigenvalue weighted by Crippen LogP contribution is -2.34. The van der Waals surface area contributed by atoms with E-state index in [0.29, 0.717) is 23.7 Å². The fourth-order valence-electron chi connectivity index (χ4n) is 3.24. The molecule has 0 saturated heterocycles. The summed E-state index contributed by atoms with van der Waals surface area (Å²) in [6, 6.07) is 8.75. The molecule has 1 amide bonds. The van der Waals surface area contributed by atoms with E-state index < -0.39 is 17.4 Å². The normalized spacial score (nSPS) is 16.0. The van der Waals surface area contributed by atoms with Crippen molar-refractivity contribution in [3.05, 3.63) is 58.7 Å². The average Bonchev–Trinajstić information content (AvgIpc) is 3.35. The molecular formula is C20H19NO6. The average molecular weight is 369 g/mol. The number of rotatable bonds is 5. The van der Waals surface area contributed by atoms with Gasteiger partial charge in [-0.25, -0.2) is 0 Å². The predicted molar refractivity (Wildman–Crippen MR) is 94.9 cm³/mol. The number of benzene rings is 1. The number of furan rings is 1. The van der Waals surface area contributed by atoms with E-state index in [-0.39, 0.29) is 30.7 Å². The number of amides is 1. The predicted octanol–water partition coefficient (Wildman–Crippen LogP) is 2.84. The fourth-order valence-corrected chi connectivity index (χ4v) is 3.24. The van der Waals surface area contributed by atoms with Crippen LogP contribution in [0.25, 0.3) is 0 Å². The van der Waals surface area contributed by atoms with Gasteiger partial charge in [0.05, 0.1) is 12.1 Å². The van der Waals surface area contributed by atoms with Gasteiger partial charge in [-0.1, -0.05) is 12.1 Å². The number of para-hydroxylation sites is 1. The molecule has 0 spiro atoms. The molecule has 1 aromatic heterocycles. The van der Waals surface area contributed by atoms with Crippen LogP contribution in [0.3, 0.4) is 0 Å². The van der Waals surface area contributed by atoms with Gasteiger partial charge in [0.2, 0.25) is 12.6 Å². The lowest BCUT2D eigenvalue weighted by Gasteiger charge is -2.20. The molecule has 0 radical (unpaired) electrons. The Balaban J connectivity index is 1.54. The first-order valence-electron chi connectivity index (χ1n) is 8.69. The second-order valence-electron chi connectivity index (χ2n) is 6.78. The molecule has 0 unspecified atom stereocenters. The Morgan fingerprint density at radius 2 is 2.04 bits per heavy atom. The second-order valence-corrected chi connectivity index (χ2v) is 6.78. The van der Waals surface area contributed by atoms with Crippen molar-refractivity contribution in [2.24, 2.45) is 0 Å². The van der Waals surface area contributed by atoms with E-state index in [1.165, 1.54) is 4.90 Å². The molecule has 3 heterocycles. The molecule has 0 aliphatic carbocycles. The van der Waals surface area contributed by atoms with Gasteiger partial charge in [0.1, 0.15) is 5.76 Å². The molecule has 0 bridgehead atoms. The maximum atomic E-state index is 12.7. The largest absolute Gasteiger partial charge is 0.503 e. The Kier molecular flexibility index (Phi) is 4.14. The van der Waals surface area contributed by atoms with Crippen molar-refractivity contribution in [2.75, 3.05) is 13.3 Å². The summed E-state index contributed by atoms with van der Waals surface area (Å²) in [7, 11) is 0. The third kappa shape index (κ3) is 2.95. The third-order valence-corrected chi connectivity index (χ3v) is 4.70. The Labute approximate surface area is 155 Å². The van der Waals surface area contributed by atoms with E-state index >= 15 is 0 Å². The van der Waals surface area contributed by atoms with Gasteiger partial charge in [-0.15, -0.1) is 0 Å². The van der Waals surface area contributed by atoms with E-state index in [0.717, 1.165) is 5.56 Å². The summed E-state index contributed by atoms with van der Waals surface area (Å²) in [5.74, 6) is 0.519. The Morgan fingerprint density at radius 3 is 2.78 bits per heavy atom. The molecule has 0 atom stereocenters. The van der Waals surface area contributed by atoms with E-state index in [1.54, 1.807) is 12.1 Å². The maximum absolute atomic E-state index is 12.7. The van der Waals surface area contributed by atoms with Crippen LogP contribution in [-0.4, -0.2) is 41.1 Å². The van der Waals surface area contributed by atoms with Crippen molar-refractivity contribution in [3.8, 4) is 11.5 Å². The molecule has 140 valence electrons. The number of carbonyl (C=O) groups is 2. The molecule has 4 rings (SSSR count). The van der Waals surface area contributed by atoms with Crippen LogP contribution < -0.4 is 9.47 Å². The number of Topliss-reactive ketones (excluding diaryl/α,β-unsaturated/α-hetero) is 1. The maximum Gasteiger partial charge on any atom is 0.289 e. The van der Waals surface area contributed by atoms with Crippen LogP contribution in [0.5, 0.6) is 11.5 Å². The van der Waals surface area contributed by atoms with E-state index in [2.05, 4.69) is 0 Å². The van der Waals surface area contributed by atoms with Gasteiger partial charge in [0, 0.05) is 18.0 Å². The van der Waals surface area contributed by atoms with Crippen molar-refractivity contribution < 1.29 is 28.6 Å².